The molecule has 2 rings (SSSR count). The van der Waals surface area contributed by atoms with Crippen molar-refractivity contribution in [2.45, 2.75) is 33.1 Å². The maximum atomic E-state index is 12.1. The van der Waals surface area contributed by atoms with Crippen LogP contribution in [0.3, 0.4) is 0 Å². The zero-order chi connectivity index (χ0) is 17.0. The number of anilines is 1. The van der Waals surface area contributed by atoms with Gasteiger partial charge < -0.3 is 10.1 Å². The molecule has 0 unspecified atom stereocenters. The monoisotopic (exact) mass is 375 g/mol. The Morgan fingerprint density at radius 2 is 1.87 bits per heavy atom. The molecule has 0 atom stereocenters. The summed E-state index contributed by atoms with van der Waals surface area (Å²) in [5.41, 5.74) is 2.98. The molecule has 23 heavy (non-hydrogen) atoms. The smallest absolute Gasteiger partial charge is 0.262 e. The van der Waals surface area contributed by atoms with Crippen molar-refractivity contribution in [2.75, 3.05) is 11.9 Å². The number of rotatable bonds is 4. The standard InChI is InChI=1S/C19H22BrNO2/c1-13-9-10-17(14(11-13)19(2,3)4)23-12-18(22)21-16-8-6-5-7-15(16)20/h5-11H,12H2,1-4H3,(H,21,22). The Kier molecular flexibility index (Phi) is 5.47. The number of hydrogen-bond acceptors (Lipinski definition) is 2. The van der Waals surface area contributed by atoms with Gasteiger partial charge >= 0.3 is 0 Å². The van der Waals surface area contributed by atoms with Gasteiger partial charge in [0.05, 0.1) is 5.69 Å². The van der Waals surface area contributed by atoms with Crippen LogP contribution in [-0.2, 0) is 10.2 Å². The normalized spacial score (nSPS) is 11.2. The van der Waals surface area contributed by atoms with Gasteiger partial charge in [-0.15, -0.1) is 0 Å². The lowest BCUT2D eigenvalue weighted by atomic mass is 9.85. The Morgan fingerprint density at radius 1 is 1.17 bits per heavy atom. The molecule has 0 fully saturated rings. The van der Waals surface area contributed by atoms with Crippen LogP contribution in [0.1, 0.15) is 31.9 Å². The first-order valence-corrected chi connectivity index (χ1v) is 8.35. The zero-order valence-corrected chi connectivity index (χ0v) is 15.5. The van der Waals surface area contributed by atoms with Crippen LogP contribution in [0.5, 0.6) is 5.75 Å². The highest BCUT2D eigenvalue weighted by Crippen LogP contribution is 2.32. The van der Waals surface area contributed by atoms with Crippen molar-refractivity contribution in [3.05, 3.63) is 58.1 Å². The van der Waals surface area contributed by atoms with Crippen molar-refractivity contribution < 1.29 is 9.53 Å². The zero-order valence-electron chi connectivity index (χ0n) is 13.9. The molecule has 1 amide bonds. The lowest BCUT2D eigenvalue weighted by Crippen LogP contribution is -2.22. The molecule has 3 nitrogen and oxygen atoms in total. The average Bonchev–Trinajstić information content (AvgIpc) is 2.47. The van der Waals surface area contributed by atoms with Gasteiger partial charge in [0.25, 0.3) is 5.91 Å². The quantitative estimate of drug-likeness (QED) is 0.809. The molecule has 2 aromatic rings. The van der Waals surface area contributed by atoms with Crippen molar-refractivity contribution in [3.8, 4) is 5.75 Å². The number of aryl methyl sites for hydroxylation is 1. The number of halogens is 1. The van der Waals surface area contributed by atoms with Crippen LogP contribution in [0.4, 0.5) is 5.69 Å². The number of benzene rings is 2. The maximum absolute atomic E-state index is 12.1. The van der Waals surface area contributed by atoms with Crippen molar-refractivity contribution in [1.82, 2.24) is 0 Å². The Labute approximate surface area is 146 Å². The van der Waals surface area contributed by atoms with E-state index >= 15 is 0 Å². The third-order valence-corrected chi connectivity index (χ3v) is 4.14. The highest BCUT2D eigenvalue weighted by atomic mass is 79.9. The van der Waals surface area contributed by atoms with Crippen LogP contribution < -0.4 is 10.1 Å². The molecular weight excluding hydrogens is 354 g/mol. The van der Waals surface area contributed by atoms with E-state index in [0.29, 0.717) is 0 Å². The van der Waals surface area contributed by atoms with Gasteiger partial charge in [-0.2, -0.15) is 0 Å². The summed E-state index contributed by atoms with van der Waals surface area (Å²) < 4.78 is 6.61. The lowest BCUT2D eigenvalue weighted by molar-refractivity contribution is -0.118. The fourth-order valence-electron chi connectivity index (χ4n) is 2.25. The SMILES string of the molecule is Cc1ccc(OCC(=O)Nc2ccccc2Br)c(C(C)(C)C)c1. The topological polar surface area (TPSA) is 38.3 Å². The Balaban J connectivity index is 2.06. The van der Waals surface area contributed by atoms with Crippen LogP contribution in [0.2, 0.25) is 0 Å². The van der Waals surface area contributed by atoms with E-state index in [2.05, 4.69) is 55.0 Å². The van der Waals surface area contributed by atoms with Crippen LogP contribution in [0, 0.1) is 6.92 Å². The van der Waals surface area contributed by atoms with E-state index in [4.69, 9.17) is 4.74 Å². The second kappa shape index (κ2) is 7.18. The minimum absolute atomic E-state index is 0.0204. The molecule has 1 N–H and O–H groups in total. The Hall–Kier alpha value is -1.81. The molecule has 0 aliphatic heterocycles. The fraction of sp³-hybridized carbons (Fsp3) is 0.316. The molecule has 0 heterocycles. The van der Waals surface area contributed by atoms with E-state index < -0.39 is 0 Å². The van der Waals surface area contributed by atoms with Crippen molar-refractivity contribution in [3.63, 3.8) is 0 Å². The number of para-hydroxylation sites is 1. The second-order valence-electron chi connectivity index (χ2n) is 6.57. The molecule has 122 valence electrons. The van der Waals surface area contributed by atoms with Gasteiger partial charge in [0.1, 0.15) is 5.75 Å². The summed E-state index contributed by atoms with van der Waals surface area (Å²) in [6, 6.07) is 13.5. The fourth-order valence-corrected chi connectivity index (χ4v) is 2.63. The number of nitrogens with one attached hydrogen (secondary N) is 1. The Bertz CT molecular complexity index is 705. The van der Waals surface area contributed by atoms with Crippen LogP contribution in [0.15, 0.2) is 46.9 Å². The number of carbonyl (C=O) groups is 1. The maximum Gasteiger partial charge on any atom is 0.262 e. The number of hydrogen-bond donors (Lipinski definition) is 1. The summed E-state index contributed by atoms with van der Waals surface area (Å²) >= 11 is 3.41. The molecule has 0 saturated heterocycles. The average molecular weight is 376 g/mol. The predicted octanol–water partition coefficient (Wildman–Crippen LogP) is 5.07. The third kappa shape index (κ3) is 4.83. The lowest BCUT2D eigenvalue weighted by Gasteiger charge is -2.23. The second-order valence-corrected chi connectivity index (χ2v) is 7.42. The predicted molar refractivity (Wildman–Crippen MR) is 98.1 cm³/mol. The van der Waals surface area contributed by atoms with Gasteiger partial charge in [0.15, 0.2) is 6.61 Å². The van der Waals surface area contributed by atoms with E-state index in [-0.39, 0.29) is 17.9 Å². The minimum Gasteiger partial charge on any atom is -0.483 e. The summed E-state index contributed by atoms with van der Waals surface area (Å²) in [5, 5.41) is 2.84. The van der Waals surface area contributed by atoms with E-state index in [9.17, 15) is 4.79 Å². The highest BCUT2D eigenvalue weighted by Gasteiger charge is 2.19. The van der Waals surface area contributed by atoms with Gasteiger partial charge in [-0.05, 0) is 52.0 Å². The molecular formula is C19H22BrNO2. The first kappa shape index (κ1) is 17.5. The van der Waals surface area contributed by atoms with Crippen molar-refractivity contribution in [2.24, 2.45) is 0 Å². The summed E-state index contributed by atoms with van der Waals surface area (Å²) in [6.07, 6.45) is 0. The van der Waals surface area contributed by atoms with Gasteiger partial charge in [0, 0.05) is 4.47 Å². The van der Waals surface area contributed by atoms with Gasteiger partial charge in [0.2, 0.25) is 0 Å². The molecule has 0 radical (unpaired) electrons. The molecule has 0 saturated carbocycles. The molecule has 2 aromatic carbocycles. The molecule has 4 heteroatoms. The number of ether oxygens (including phenoxy) is 1. The third-order valence-electron chi connectivity index (χ3n) is 3.45. The number of amides is 1. The van der Waals surface area contributed by atoms with Crippen LogP contribution in [0.25, 0.3) is 0 Å². The van der Waals surface area contributed by atoms with E-state index in [1.165, 1.54) is 5.56 Å². The summed E-state index contributed by atoms with van der Waals surface area (Å²) in [6.45, 7) is 8.44. The van der Waals surface area contributed by atoms with E-state index in [1.807, 2.05) is 36.4 Å². The van der Waals surface area contributed by atoms with Crippen molar-refractivity contribution >= 4 is 27.5 Å². The molecule has 0 spiro atoms. The van der Waals surface area contributed by atoms with Crippen molar-refractivity contribution in [1.29, 1.82) is 0 Å². The van der Waals surface area contributed by atoms with Crippen LogP contribution >= 0.6 is 15.9 Å². The van der Waals surface area contributed by atoms with E-state index in [0.717, 1.165) is 21.5 Å². The molecule has 0 aliphatic rings. The van der Waals surface area contributed by atoms with Crippen LogP contribution in [-0.4, -0.2) is 12.5 Å². The number of carbonyl (C=O) groups excluding carboxylic acids is 1. The summed E-state index contributed by atoms with van der Waals surface area (Å²) in [5.74, 6) is 0.572. The largest absolute Gasteiger partial charge is 0.483 e. The Morgan fingerprint density at radius 3 is 2.52 bits per heavy atom. The molecule has 0 bridgehead atoms. The first-order chi connectivity index (χ1) is 10.8. The summed E-state index contributed by atoms with van der Waals surface area (Å²) in [4.78, 5) is 12.1. The van der Waals surface area contributed by atoms with Gasteiger partial charge in [-0.3, -0.25) is 4.79 Å². The summed E-state index contributed by atoms with van der Waals surface area (Å²) in [7, 11) is 0. The first-order valence-electron chi connectivity index (χ1n) is 7.55. The van der Waals surface area contributed by atoms with Gasteiger partial charge in [-0.1, -0.05) is 50.6 Å². The highest BCUT2D eigenvalue weighted by molar-refractivity contribution is 9.10. The van der Waals surface area contributed by atoms with Gasteiger partial charge in [-0.25, -0.2) is 0 Å². The minimum atomic E-state index is -0.183. The molecule has 0 aromatic heterocycles. The molecule has 0 aliphatic carbocycles. The van der Waals surface area contributed by atoms with E-state index in [1.54, 1.807) is 0 Å².